The van der Waals surface area contributed by atoms with Crippen molar-refractivity contribution >= 4 is 11.6 Å². The summed E-state index contributed by atoms with van der Waals surface area (Å²) in [4.78, 5) is 4.06. The minimum absolute atomic E-state index is 0.0452. The molecule has 0 aromatic carbocycles. The molecule has 1 aromatic heterocycles. The van der Waals surface area contributed by atoms with Gasteiger partial charge in [0.05, 0.1) is 6.61 Å². The van der Waals surface area contributed by atoms with E-state index in [1.54, 1.807) is 12.3 Å². The van der Waals surface area contributed by atoms with E-state index in [4.69, 9.17) is 21.4 Å². The van der Waals surface area contributed by atoms with Crippen LogP contribution in [0.1, 0.15) is 24.8 Å². The van der Waals surface area contributed by atoms with E-state index < -0.39 is 0 Å². The van der Waals surface area contributed by atoms with Crippen LogP contribution >= 0.6 is 11.6 Å². The van der Waals surface area contributed by atoms with E-state index >= 15 is 0 Å². The summed E-state index contributed by atoms with van der Waals surface area (Å²) in [6.45, 7) is -0.0452. The third-order valence-corrected chi connectivity index (χ3v) is 2.65. The number of rotatable bonds is 3. The lowest BCUT2D eigenvalue weighted by molar-refractivity contribution is 0.114. The predicted octanol–water partition coefficient (Wildman–Crippen LogP) is 2.16. The molecule has 0 atom stereocenters. The van der Waals surface area contributed by atoms with Gasteiger partial charge in [0.15, 0.2) is 0 Å². The van der Waals surface area contributed by atoms with Gasteiger partial charge in [-0.3, -0.25) is 0 Å². The summed E-state index contributed by atoms with van der Waals surface area (Å²) >= 11 is 5.93. The van der Waals surface area contributed by atoms with Gasteiger partial charge in [-0.25, -0.2) is 4.98 Å². The number of aromatic nitrogens is 1. The van der Waals surface area contributed by atoms with Crippen LogP contribution in [0.3, 0.4) is 0 Å². The summed E-state index contributed by atoms with van der Waals surface area (Å²) in [6, 6.07) is 1.68. The number of aliphatic hydroxyl groups excluding tert-OH is 1. The second kappa shape index (κ2) is 4.15. The minimum Gasteiger partial charge on any atom is -0.473 e. The van der Waals surface area contributed by atoms with Gasteiger partial charge < -0.3 is 9.84 Å². The van der Waals surface area contributed by atoms with Gasteiger partial charge in [0.25, 0.3) is 0 Å². The fraction of sp³-hybridized carbons (Fsp3) is 0.500. The standard InChI is InChI=1S/C10H12ClNO2/c11-9-4-7(6-13)5-12-10(9)14-8-2-1-3-8/h4-5,8,13H,1-3,6H2. The van der Waals surface area contributed by atoms with Gasteiger partial charge in [-0.1, -0.05) is 11.6 Å². The summed E-state index contributed by atoms with van der Waals surface area (Å²) in [6.07, 6.45) is 5.25. The third kappa shape index (κ3) is 1.99. The number of pyridine rings is 1. The maximum Gasteiger partial charge on any atom is 0.232 e. The van der Waals surface area contributed by atoms with Crippen molar-refractivity contribution in [3.8, 4) is 5.88 Å². The quantitative estimate of drug-likeness (QED) is 0.837. The Labute approximate surface area is 87.7 Å². The molecule has 0 radical (unpaired) electrons. The van der Waals surface area contributed by atoms with E-state index in [9.17, 15) is 0 Å². The predicted molar refractivity (Wildman–Crippen MR) is 53.4 cm³/mol. The van der Waals surface area contributed by atoms with E-state index in [1.165, 1.54) is 6.42 Å². The number of ether oxygens (including phenoxy) is 1. The lowest BCUT2D eigenvalue weighted by Gasteiger charge is -2.26. The molecule has 0 unspecified atom stereocenters. The third-order valence-electron chi connectivity index (χ3n) is 2.38. The molecule has 1 aliphatic carbocycles. The molecular weight excluding hydrogens is 202 g/mol. The number of aliphatic hydroxyl groups is 1. The minimum atomic E-state index is -0.0452. The number of hydrogen-bond acceptors (Lipinski definition) is 3. The van der Waals surface area contributed by atoms with Crippen LogP contribution in [0.5, 0.6) is 5.88 Å². The molecule has 1 aliphatic rings. The van der Waals surface area contributed by atoms with Crippen molar-refractivity contribution in [2.24, 2.45) is 0 Å². The highest BCUT2D eigenvalue weighted by Gasteiger charge is 2.20. The Morgan fingerprint density at radius 2 is 2.36 bits per heavy atom. The molecule has 1 fully saturated rings. The molecule has 0 saturated heterocycles. The van der Waals surface area contributed by atoms with Crippen molar-refractivity contribution in [1.82, 2.24) is 4.98 Å². The smallest absolute Gasteiger partial charge is 0.232 e. The van der Waals surface area contributed by atoms with Crippen molar-refractivity contribution < 1.29 is 9.84 Å². The fourth-order valence-electron chi connectivity index (χ4n) is 1.28. The number of halogens is 1. The van der Waals surface area contributed by atoms with E-state index in [0.717, 1.165) is 12.8 Å². The van der Waals surface area contributed by atoms with Crippen molar-refractivity contribution in [3.05, 3.63) is 22.8 Å². The van der Waals surface area contributed by atoms with Crippen LogP contribution in [0, 0.1) is 0 Å². The zero-order chi connectivity index (χ0) is 9.97. The Kier molecular flexibility index (Phi) is 2.89. The molecule has 0 aliphatic heterocycles. The topological polar surface area (TPSA) is 42.4 Å². The fourth-order valence-corrected chi connectivity index (χ4v) is 1.52. The van der Waals surface area contributed by atoms with E-state index in [0.29, 0.717) is 16.5 Å². The molecule has 0 spiro atoms. The summed E-state index contributed by atoms with van der Waals surface area (Å²) in [5.41, 5.74) is 0.705. The van der Waals surface area contributed by atoms with Crippen LogP contribution in [0.25, 0.3) is 0 Å². The van der Waals surface area contributed by atoms with Crippen LogP contribution in [0.4, 0.5) is 0 Å². The highest BCUT2D eigenvalue weighted by atomic mass is 35.5. The lowest BCUT2D eigenvalue weighted by Crippen LogP contribution is -2.25. The Balaban J connectivity index is 2.09. The van der Waals surface area contributed by atoms with E-state index in [2.05, 4.69) is 4.98 Å². The molecule has 1 N–H and O–H groups in total. The monoisotopic (exact) mass is 213 g/mol. The van der Waals surface area contributed by atoms with Crippen molar-refractivity contribution in [1.29, 1.82) is 0 Å². The first-order chi connectivity index (χ1) is 6.79. The first-order valence-electron chi connectivity index (χ1n) is 4.71. The highest BCUT2D eigenvalue weighted by Crippen LogP contribution is 2.28. The van der Waals surface area contributed by atoms with Crippen LogP contribution in [-0.2, 0) is 6.61 Å². The van der Waals surface area contributed by atoms with Crippen molar-refractivity contribution in [2.75, 3.05) is 0 Å². The molecule has 4 heteroatoms. The van der Waals surface area contributed by atoms with Crippen LogP contribution in [0.15, 0.2) is 12.3 Å². The van der Waals surface area contributed by atoms with Gasteiger partial charge in [0.1, 0.15) is 11.1 Å². The van der Waals surface area contributed by atoms with Crippen LogP contribution in [-0.4, -0.2) is 16.2 Å². The SMILES string of the molecule is OCc1cnc(OC2CCC2)c(Cl)c1. The number of nitrogens with zero attached hydrogens (tertiary/aromatic N) is 1. The Hall–Kier alpha value is -0.800. The number of hydrogen-bond donors (Lipinski definition) is 1. The zero-order valence-corrected chi connectivity index (χ0v) is 8.50. The molecule has 0 amide bonds. The molecule has 0 bridgehead atoms. The normalized spacial score (nSPS) is 16.4. The molecule has 14 heavy (non-hydrogen) atoms. The zero-order valence-electron chi connectivity index (χ0n) is 7.74. The van der Waals surface area contributed by atoms with Gasteiger partial charge in [0.2, 0.25) is 5.88 Å². The summed E-state index contributed by atoms with van der Waals surface area (Å²) in [5, 5.41) is 9.33. The first kappa shape index (κ1) is 9.74. The molecule has 1 heterocycles. The molecule has 1 saturated carbocycles. The van der Waals surface area contributed by atoms with E-state index in [-0.39, 0.29) is 12.7 Å². The summed E-state index contributed by atoms with van der Waals surface area (Å²) in [7, 11) is 0. The second-order valence-corrected chi connectivity index (χ2v) is 3.87. The average Bonchev–Trinajstić information content (AvgIpc) is 2.13. The van der Waals surface area contributed by atoms with Gasteiger partial charge in [-0.15, -0.1) is 0 Å². The molecule has 3 nitrogen and oxygen atoms in total. The highest BCUT2D eigenvalue weighted by molar-refractivity contribution is 6.31. The van der Waals surface area contributed by atoms with Crippen molar-refractivity contribution in [3.63, 3.8) is 0 Å². The van der Waals surface area contributed by atoms with Crippen LogP contribution < -0.4 is 4.74 Å². The van der Waals surface area contributed by atoms with Gasteiger partial charge in [0, 0.05) is 6.20 Å². The summed E-state index contributed by atoms with van der Waals surface area (Å²) < 4.78 is 5.56. The molecule has 1 aromatic rings. The maximum absolute atomic E-state index is 8.85. The molecule has 2 rings (SSSR count). The van der Waals surface area contributed by atoms with Gasteiger partial charge in [-0.05, 0) is 30.9 Å². The maximum atomic E-state index is 8.85. The van der Waals surface area contributed by atoms with E-state index in [1.807, 2.05) is 0 Å². The van der Waals surface area contributed by atoms with Gasteiger partial charge >= 0.3 is 0 Å². The van der Waals surface area contributed by atoms with Gasteiger partial charge in [-0.2, -0.15) is 0 Å². The summed E-state index contributed by atoms with van der Waals surface area (Å²) in [5.74, 6) is 0.480. The first-order valence-corrected chi connectivity index (χ1v) is 5.09. The Morgan fingerprint density at radius 3 is 2.86 bits per heavy atom. The second-order valence-electron chi connectivity index (χ2n) is 3.46. The van der Waals surface area contributed by atoms with Crippen LogP contribution in [0.2, 0.25) is 5.02 Å². The average molecular weight is 214 g/mol. The molecule has 76 valence electrons. The lowest BCUT2D eigenvalue weighted by atomic mass is 9.96. The largest absolute Gasteiger partial charge is 0.473 e. The molecular formula is C10H12ClNO2. The Bertz CT molecular complexity index is 326. The van der Waals surface area contributed by atoms with Crippen molar-refractivity contribution in [2.45, 2.75) is 32.0 Å². The Morgan fingerprint density at radius 1 is 1.57 bits per heavy atom.